The van der Waals surface area contributed by atoms with E-state index in [0.717, 1.165) is 24.2 Å². The SMILES string of the molecule is CC1CCCN(C(=O)C2=Cc3ccccc3OC2)C1CO. The zero-order valence-corrected chi connectivity index (χ0v) is 12.3. The lowest BCUT2D eigenvalue weighted by molar-refractivity contribution is -0.133. The first-order chi connectivity index (χ1) is 10.2. The molecule has 0 radical (unpaired) electrons. The number of rotatable bonds is 2. The highest BCUT2D eigenvalue weighted by atomic mass is 16.5. The second-order valence-electron chi connectivity index (χ2n) is 5.86. The lowest BCUT2D eigenvalue weighted by Gasteiger charge is -2.39. The van der Waals surface area contributed by atoms with Gasteiger partial charge in [0.25, 0.3) is 5.91 Å². The van der Waals surface area contributed by atoms with Crippen molar-refractivity contribution in [2.75, 3.05) is 19.8 Å². The molecule has 2 aliphatic heterocycles. The van der Waals surface area contributed by atoms with Crippen molar-refractivity contribution in [2.24, 2.45) is 5.92 Å². The number of fused-ring (bicyclic) bond motifs is 1. The van der Waals surface area contributed by atoms with Gasteiger partial charge in [-0.05, 0) is 30.9 Å². The monoisotopic (exact) mass is 287 g/mol. The molecule has 112 valence electrons. The molecular weight excluding hydrogens is 266 g/mol. The van der Waals surface area contributed by atoms with Crippen LogP contribution in [0.25, 0.3) is 6.08 Å². The van der Waals surface area contributed by atoms with Crippen molar-refractivity contribution in [3.05, 3.63) is 35.4 Å². The van der Waals surface area contributed by atoms with E-state index < -0.39 is 0 Å². The number of hydrogen-bond donors (Lipinski definition) is 1. The molecule has 3 rings (SSSR count). The smallest absolute Gasteiger partial charge is 0.253 e. The first-order valence-corrected chi connectivity index (χ1v) is 7.55. The Kier molecular flexibility index (Phi) is 3.97. The number of nitrogens with zero attached hydrogens (tertiary/aromatic N) is 1. The van der Waals surface area contributed by atoms with Gasteiger partial charge in [0.1, 0.15) is 12.4 Å². The quantitative estimate of drug-likeness (QED) is 0.906. The van der Waals surface area contributed by atoms with Crippen LogP contribution in [0.4, 0.5) is 0 Å². The highest BCUT2D eigenvalue weighted by Gasteiger charge is 2.33. The maximum Gasteiger partial charge on any atom is 0.253 e. The van der Waals surface area contributed by atoms with E-state index in [-0.39, 0.29) is 18.6 Å². The minimum Gasteiger partial charge on any atom is -0.488 e. The molecule has 0 spiro atoms. The third-order valence-corrected chi connectivity index (χ3v) is 4.47. The molecule has 1 amide bonds. The fourth-order valence-electron chi connectivity index (χ4n) is 3.20. The lowest BCUT2D eigenvalue weighted by Crippen LogP contribution is -2.50. The summed E-state index contributed by atoms with van der Waals surface area (Å²) in [6, 6.07) is 7.64. The number of ether oxygens (including phenoxy) is 1. The van der Waals surface area contributed by atoms with Gasteiger partial charge in [0.05, 0.1) is 18.2 Å². The predicted molar refractivity (Wildman–Crippen MR) is 80.9 cm³/mol. The van der Waals surface area contributed by atoms with Crippen molar-refractivity contribution in [3.8, 4) is 5.75 Å². The Morgan fingerprint density at radius 3 is 3.05 bits per heavy atom. The summed E-state index contributed by atoms with van der Waals surface area (Å²) < 4.78 is 5.67. The number of hydrogen-bond acceptors (Lipinski definition) is 3. The van der Waals surface area contributed by atoms with E-state index in [0.29, 0.717) is 24.6 Å². The largest absolute Gasteiger partial charge is 0.488 e. The van der Waals surface area contributed by atoms with Gasteiger partial charge in [0.2, 0.25) is 0 Å². The van der Waals surface area contributed by atoms with Crippen LogP contribution in [0.3, 0.4) is 0 Å². The van der Waals surface area contributed by atoms with Crippen LogP contribution in [0.1, 0.15) is 25.3 Å². The molecule has 2 heterocycles. The third-order valence-electron chi connectivity index (χ3n) is 4.47. The number of aliphatic hydroxyl groups is 1. The van der Waals surface area contributed by atoms with Crippen molar-refractivity contribution in [1.82, 2.24) is 4.90 Å². The van der Waals surface area contributed by atoms with E-state index in [4.69, 9.17) is 4.74 Å². The average Bonchev–Trinajstić information content (AvgIpc) is 2.53. The number of piperidine rings is 1. The Bertz CT molecular complexity index is 567. The molecule has 2 atom stereocenters. The van der Waals surface area contributed by atoms with Crippen LogP contribution in [0.5, 0.6) is 5.75 Å². The van der Waals surface area contributed by atoms with Crippen LogP contribution >= 0.6 is 0 Å². The highest BCUT2D eigenvalue weighted by Crippen LogP contribution is 2.29. The molecule has 0 saturated carbocycles. The molecule has 1 aromatic carbocycles. The van der Waals surface area contributed by atoms with E-state index in [1.165, 1.54) is 0 Å². The van der Waals surface area contributed by atoms with Gasteiger partial charge in [0, 0.05) is 12.1 Å². The number of amides is 1. The van der Waals surface area contributed by atoms with E-state index in [1.807, 2.05) is 35.2 Å². The summed E-state index contributed by atoms with van der Waals surface area (Å²) in [5.74, 6) is 1.15. The molecule has 1 aromatic rings. The van der Waals surface area contributed by atoms with Crippen LogP contribution in [-0.2, 0) is 4.79 Å². The number of likely N-dealkylation sites (tertiary alicyclic amines) is 1. The third kappa shape index (κ3) is 2.68. The first kappa shape index (κ1) is 14.1. The molecule has 1 saturated heterocycles. The molecule has 4 heteroatoms. The van der Waals surface area contributed by atoms with Gasteiger partial charge in [-0.1, -0.05) is 25.1 Å². The van der Waals surface area contributed by atoms with E-state index in [9.17, 15) is 9.90 Å². The fraction of sp³-hybridized carbons (Fsp3) is 0.471. The van der Waals surface area contributed by atoms with Crippen molar-refractivity contribution in [1.29, 1.82) is 0 Å². The highest BCUT2D eigenvalue weighted by molar-refractivity contribution is 5.99. The summed E-state index contributed by atoms with van der Waals surface area (Å²) in [5.41, 5.74) is 1.61. The van der Waals surface area contributed by atoms with Crippen molar-refractivity contribution >= 4 is 12.0 Å². The van der Waals surface area contributed by atoms with E-state index in [2.05, 4.69) is 6.92 Å². The summed E-state index contributed by atoms with van der Waals surface area (Å²) >= 11 is 0. The van der Waals surface area contributed by atoms with Gasteiger partial charge in [-0.25, -0.2) is 0 Å². The summed E-state index contributed by atoms with van der Waals surface area (Å²) in [5, 5.41) is 9.59. The van der Waals surface area contributed by atoms with Crippen molar-refractivity contribution < 1.29 is 14.6 Å². The Hall–Kier alpha value is -1.81. The van der Waals surface area contributed by atoms with Crippen LogP contribution in [-0.4, -0.2) is 41.7 Å². The summed E-state index contributed by atoms with van der Waals surface area (Å²) in [7, 11) is 0. The van der Waals surface area contributed by atoms with E-state index >= 15 is 0 Å². The minimum atomic E-state index is -0.0793. The molecule has 1 N–H and O–H groups in total. The van der Waals surface area contributed by atoms with Gasteiger partial charge in [-0.15, -0.1) is 0 Å². The zero-order chi connectivity index (χ0) is 14.8. The normalized spacial score (nSPS) is 24.9. The zero-order valence-electron chi connectivity index (χ0n) is 12.3. The summed E-state index contributed by atoms with van der Waals surface area (Å²) in [6.45, 7) is 3.14. The summed E-state index contributed by atoms with van der Waals surface area (Å²) in [4.78, 5) is 14.6. The molecular formula is C17H21NO3. The Morgan fingerprint density at radius 2 is 2.24 bits per heavy atom. The average molecular weight is 287 g/mol. The molecule has 1 fully saturated rings. The standard InChI is InChI=1S/C17H21NO3/c1-12-5-4-8-18(15(12)10-19)17(20)14-9-13-6-2-3-7-16(13)21-11-14/h2-3,6-7,9,12,15,19H,4-5,8,10-11H2,1H3. The van der Waals surface area contributed by atoms with Gasteiger partial charge in [0.15, 0.2) is 0 Å². The number of aliphatic hydroxyl groups excluding tert-OH is 1. The lowest BCUT2D eigenvalue weighted by atomic mass is 9.90. The molecule has 2 unspecified atom stereocenters. The maximum atomic E-state index is 12.7. The predicted octanol–water partition coefficient (Wildman–Crippen LogP) is 2.08. The van der Waals surface area contributed by atoms with Gasteiger partial charge in [-0.3, -0.25) is 4.79 Å². The molecule has 0 aromatic heterocycles. The van der Waals surface area contributed by atoms with Crippen molar-refractivity contribution in [2.45, 2.75) is 25.8 Å². The molecule has 0 bridgehead atoms. The molecule has 0 aliphatic carbocycles. The van der Waals surface area contributed by atoms with Crippen LogP contribution in [0.2, 0.25) is 0 Å². The summed E-state index contributed by atoms with van der Waals surface area (Å²) in [6.07, 6.45) is 3.97. The Balaban J connectivity index is 1.84. The molecule has 21 heavy (non-hydrogen) atoms. The van der Waals surface area contributed by atoms with Crippen LogP contribution < -0.4 is 4.74 Å². The number of carbonyl (C=O) groups excluding carboxylic acids is 1. The number of para-hydroxylation sites is 1. The number of benzene rings is 1. The topological polar surface area (TPSA) is 49.8 Å². The molecule has 4 nitrogen and oxygen atoms in total. The second kappa shape index (κ2) is 5.90. The fourth-order valence-corrected chi connectivity index (χ4v) is 3.20. The first-order valence-electron chi connectivity index (χ1n) is 7.55. The van der Waals surface area contributed by atoms with E-state index in [1.54, 1.807) is 0 Å². The van der Waals surface area contributed by atoms with Crippen molar-refractivity contribution in [3.63, 3.8) is 0 Å². The maximum absolute atomic E-state index is 12.7. The van der Waals surface area contributed by atoms with Gasteiger partial charge in [-0.2, -0.15) is 0 Å². The Morgan fingerprint density at radius 1 is 1.43 bits per heavy atom. The van der Waals surface area contributed by atoms with Gasteiger partial charge >= 0.3 is 0 Å². The number of carbonyl (C=O) groups is 1. The van der Waals surface area contributed by atoms with Crippen LogP contribution in [0.15, 0.2) is 29.8 Å². The Labute approximate surface area is 125 Å². The second-order valence-corrected chi connectivity index (χ2v) is 5.86. The van der Waals surface area contributed by atoms with Crippen LogP contribution in [0, 0.1) is 5.92 Å². The molecule has 2 aliphatic rings. The van der Waals surface area contributed by atoms with Gasteiger partial charge < -0.3 is 14.7 Å². The minimum absolute atomic E-state index is 0.00453.